The Bertz CT molecular complexity index is 1440. The number of fused-ring (bicyclic) bond motifs is 4. The summed E-state index contributed by atoms with van der Waals surface area (Å²) in [7, 11) is -4.08. The number of piperidine rings is 1. The van der Waals surface area contributed by atoms with E-state index in [9.17, 15) is 23.4 Å². The molecule has 2 aliphatic carbocycles. The first-order valence-corrected chi connectivity index (χ1v) is 13.4. The van der Waals surface area contributed by atoms with Crippen LogP contribution in [-0.2, 0) is 15.4 Å². The molecule has 9 heteroatoms. The molecule has 3 heterocycles. The van der Waals surface area contributed by atoms with Gasteiger partial charge in [-0.1, -0.05) is 24.3 Å². The smallest absolute Gasteiger partial charge is 0.269 e. The second-order valence-corrected chi connectivity index (χ2v) is 12.2. The fourth-order valence-corrected chi connectivity index (χ4v) is 9.77. The van der Waals surface area contributed by atoms with Crippen molar-refractivity contribution >= 4 is 15.9 Å². The number of aromatic hydroxyl groups is 1. The van der Waals surface area contributed by atoms with Crippen LogP contribution in [0.25, 0.3) is 0 Å². The normalized spacial score (nSPS) is 37.7. The van der Waals surface area contributed by atoms with E-state index in [0.29, 0.717) is 25.3 Å². The summed E-state index contributed by atoms with van der Waals surface area (Å²) < 4.78 is 34.6. The van der Waals surface area contributed by atoms with Crippen molar-refractivity contribution in [2.45, 2.75) is 53.9 Å². The molecule has 7 rings (SSSR count). The van der Waals surface area contributed by atoms with Gasteiger partial charge < -0.3 is 14.9 Å². The summed E-state index contributed by atoms with van der Waals surface area (Å²) in [5.74, 6) is -0.308. The molecule has 6 atom stereocenters. The van der Waals surface area contributed by atoms with Gasteiger partial charge in [-0.3, -0.25) is 9.69 Å². The SMILES string of the molecule is C=CCN1CC2[C@@H]1[C@]1(O)CC[C@@H](N3C(=O)c4ccccc4S3(=O)=O)[C@@H]3Oc4c(O)ccc(C)c4[C@@]231. The van der Waals surface area contributed by atoms with E-state index in [1.54, 1.807) is 24.3 Å². The number of carbonyl (C=O) groups is 1. The van der Waals surface area contributed by atoms with Crippen LogP contribution in [0.5, 0.6) is 11.5 Å². The highest BCUT2D eigenvalue weighted by atomic mass is 32.2. The van der Waals surface area contributed by atoms with Crippen LogP contribution in [0.15, 0.2) is 53.9 Å². The van der Waals surface area contributed by atoms with Gasteiger partial charge in [-0.25, -0.2) is 12.7 Å². The summed E-state index contributed by atoms with van der Waals surface area (Å²) in [6, 6.07) is 8.70. The highest BCUT2D eigenvalue weighted by Crippen LogP contribution is 2.73. The zero-order valence-electron chi connectivity index (χ0n) is 19.2. The van der Waals surface area contributed by atoms with Crippen molar-refractivity contribution < 1.29 is 28.2 Å². The zero-order chi connectivity index (χ0) is 24.5. The molecule has 5 aliphatic rings. The number of benzene rings is 2. The van der Waals surface area contributed by atoms with Crippen molar-refractivity contribution in [1.82, 2.24) is 9.21 Å². The first kappa shape index (κ1) is 21.4. The van der Waals surface area contributed by atoms with Gasteiger partial charge in [0.15, 0.2) is 11.5 Å². The number of carbonyl (C=O) groups excluding carboxylic acids is 1. The van der Waals surface area contributed by atoms with Gasteiger partial charge in [-0.2, -0.15) is 0 Å². The van der Waals surface area contributed by atoms with E-state index in [-0.39, 0.29) is 34.6 Å². The van der Waals surface area contributed by atoms with Gasteiger partial charge in [0.2, 0.25) is 0 Å². The monoisotopic (exact) mass is 494 g/mol. The van der Waals surface area contributed by atoms with Crippen molar-refractivity contribution in [2.24, 2.45) is 5.92 Å². The number of hydrogen-bond donors (Lipinski definition) is 2. The maximum atomic E-state index is 13.6. The van der Waals surface area contributed by atoms with Gasteiger partial charge in [0.05, 0.1) is 22.6 Å². The largest absolute Gasteiger partial charge is 0.504 e. The molecule has 1 unspecified atom stereocenters. The minimum atomic E-state index is -4.08. The van der Waals surface area contributed by atoms with Crippen molar-refractivity contribution in [3.05, 3.63) is 65.7 Å². The third kappa shape index (κ3) is 2.14. The average molecular weight is 495 g/mol. The molecule has 2 aromatic rings. The summed E-state index contributed by atoms with van der Waals surface area (Å²) in [4.78, 5) is 15.6. The summed E-state index contributed by atoms with van der Waals surface area (Å²) >= 11 is 0. The number of amides is 1. The topological polar surface area (TPSA) is 107 Å². The summed E-state index contributed by atoms with van der Waals surface area (Å²) in [6.07, 6.45) is 1.59. The van der Waals surface area contributed by atoms with Crippen LogP contribution in [0.2, 0.25) is 0 Å². The van der Waals surface area contributed by atoms with E-state index >= 15 is 0 Å². The number of phenolic OH excluding ortho intramolecular Hbond substituents is 1. The second kappa shape index (κ2) is 6.46. The van der Waals surface area contributed by atoms with E-state index in [1.807, 2.05) is 13.0 Å². The molecule has 1 spiro atoms. The predicted molar refractivity (Wildman–Crippen MR) is 126 cm³/mol. The standard InChI is InChI=1S/C26H26N2O6S/c1-3-12-27-13-16-22(27)25(31)11-10-17(28-24(30)15-6-4-5-7-19(15)35(28,32)33)23-26(16,25)20-14(2)8-9-18(29)21(20)34-23/h3-9,16-17,22-23,29,31H,1,10-13H2,2H3/t16?,17-,22-,23+,25-,26+/m1/s1. The minimum absolute atomic E-state index is 0.00159. The van der Waals surface area contributed by atoms with Crippen molar-refractivity contribution in [2.75, 3.05) is 13.1 Å². The molecule has 8 nitrogen and oxygen atoms in total. The number of aliphatic hydroxyl groups is 1. The van der Waals surface area contributed by atoms with Crippen LogP contribution in [0.4, 0.5) is 0 Å². The number of hydrogen-bond acceptors (Lipinski definition) is 7. The van der Waals surface area contributed by atoms with E-state index < -0.39 is 39.1 Å². The molecule has 0 aromatic heterocycles. The van der Waals surface area contributed by atoms with Gasteiger partial charge >= 0.3 is 0 Å². The van der Waals surface area contributed by atoms with E-state index in [2.05, 4.69) is 11.5 Å². The van der Waals surface area contributed by atoms with Crippen LogP contribution < -0.4 is 4.74 Å². The Kier molecular flexibility index (Phi) is 3.95. The molecule has 3 fully saturated rings. The van der Waals surface area contributed by atoms with Crippen LogP contribution >= 0.6 is 0 Å². The lowest BCUT2D eigenvalue weighted by molar-refractivity contribution is -0.317. The Labute approximate surface area is 203 Å². The second-order valence-electron chi connectivity index (χ2n) is 10.4. The van der Waals surface area contributed by atoms with Crippen LogP contribution in [0.1, 0.15) is 34.3 Å². The molecule has 182 valence electrons. The molecule has 2 saturated carbocycles. The van der Waals surface area contributed by atoms with Crippen molar-refractivity contribution in [1.29, 1.82) is 0 Å². The number of ether oxygens (including phenoxy) is 1. The average Bonchev–Trinajstić information content (AvgIpc) is 3.28. The molecule has 1 amide bonds. The number of rotatable bonds is 3. The number of sulfonamides is 1. The molecule has 0 radical (unpaired) electrons. The fraction of sp³-hybridized carbons (Fsp3) is 0.423. The molecular weight excluding hydrogens is 468 g/mol. The third-order valence-electron chi connectivity index (χ3n) is 9.14. The lowest BCUT2D eigenvalue weighted by Crippen LogP contribution is -2.92. The quantitative estimate of drug-likeness (QED) is 0.628. The molecular formula is C26H26N2O6S. The molecule has 35 heavy (non-hydrogen) atoms. The lowest BCUT2D eigenvalue weighted by Gasteiger charge is -2.77. The van der Waals surface area contributed by atoms with E-state index in [0.717, 1.165) is 15.4 Å². The van der Waals surface area contributed by atoms with Crippen molar-refractivity contribution in [3.63, 3.8) is 0 Å². The highest BCUT2D eigenvalue weighted by Gasteiger charge is 2.85. The molecule has 1 saturated heterocycles. The van der Waals surface area contributed by atoms with Gasteiger partial charge in [-0.15, -0.1) is 6.58 Å². The first-order valence-electron chi connectivity index (χ1n) is 11.9. The van der Waals surface area contributed by atoms with E-state index in [1.165, 1.54) is 12.1 Å². The van der Waals surface area contributed by atoms with Gasteiger partial charge in [0.25, 0.3) is 15.9 Å². The Morgan fingerprint density at radius 3 is 2.77 bits per heavy atom. The number of nitrogens with zero attached hydrogens (tertiary/aromatic N) is 2. The Morgan fingerprint density at radius 1 is 1.26 bits per heavy atom. The zero-order valence-corrected chi connectivity index (χ0v) is 20.0. The Hall–Kier alpha value is -2.88. The van der Waals surface area contributed by atoms with Crippen LogP contribution in [0.3, 0.4) is 0 Å². The number of likely N-dealkylation sites (tertiary alicyclic amines) is 1. The molecule has 2 aromatic carbocycles. The maximum Gasteiger partial charge on any atom is 0.269 e. The molecule has 3 aliphatic heterocycles. The van der Waals surface area contributed by atoms with E-state index in [4.69, 9.17) is 4.74 Å². The van der Waals surface area contributed by atoms with Gasteiger partial charge in [-0.05, 0) is 43.5 Å². The molecule has 2 N–H and O–H groups in total. The fourth-order valence-electron chi connectivity index (χ4n) is 7.99. The van der Waals surface area contributed by atoms with Gasteiger partial charge in [0.1, 0.15) is 11.0 Å². The first-order chi connectivity index (χ1) is 16.7. The minimum Gasteiger partial charge on any atom is -0.504 e. The van der Waals surface area contributed by atoms with Gasteiger partial charge in [0, 0.05) is 30.6 Å². The third-order valence-corrected chi connectivity index (χ3v) is 11.0. The summed E-state index contributed by atoms with van der Waals surface area (Å²) in [5, 5.41) is 23.0. The Balaban J connectivity index is 1.41. The summed E-state index contributed by atoms with van der Waals surface area (Å²) in [6.45, 7) is 7.10. The highest BCUT2D eigenvalue weighted by molar-refractivity contribution is 7.90. The van der Waals surface area contributed by atoms with Crippen LogP contribution in [0, 0.1) is 12.8 Å². The number of phenols is 1. The predicted octanol–water partition coefficient (Wildman–Crippen LogP) is 1.94. The van der Waals surface area contributed by atoms with Crippen LogP contribution in [-0.4, -0.2) is 70.6 Å². The maximum absolute atomic E-state index is 13.6. The Morgan fingerprint density at radius 2 is 2.03 bits per heavy atom. The van der Waals surface area contributed by atoms with Crippen molar-refractivity contribution in [3.8, 4) is 11.5 Å². The molecule has 0 bridgehead atoms. The number of aryl methyl sites for hydroxylation is 1. The summed E-state index contributed by atoms with van der Waals surface area (Å²) in [5.41, 5.74) is -0.316. The lowest BCUT2D eigenvalue weighted by atomic mass is 9.35.